The van der Waals surface area contributed by atoms with Crippen LogP contribution in [0.2, 0.25) is 5.02 Å². The molecule has 0 saturated carbocycles. The molecule has 0 bridgehead atoms. The first-order chi connectivity index (χ1) is 12.2. The van der Waals surface area contributed by atoms with E-state index in [2.05, 4.69) is 24.4 Å². The number of hydrogen-bond donors (Lipinski definition) is 1. The van der Waals surface area contributed by atoms with Crippen LogP contribution in [0.25, 0.3) is 0 Å². The van der Waals surface area contributed by atoms with Crippen LogP contribution in [-0.4, -0.2) is 31.0 Å². The molecule has 2 aromatic carbocycles. The zero-order chi connectivity index (χ0) is 19.4. The molecule has 5 heteroatoms. The molecule has 1 unspecified atom stereocenters. The summed E-state index contributed by atoms with van der Waals surface area (Å²) in [5.74, 6) is 0.725. The van der Waals surface area contributed by atoms with Crippen LogP contribution < -0.4 is 10.1 Å². The van der Waals surface area contributed by atoms with Gasteiger partial charge in [0.05, 0.1) is 13.2 Å². The highest BCUT2D eigenvalue weighted by molar-refractivity contribution is 6.30. The number of carbonyl (C=O) groups is 1. The molecule has 0 aliphatic carbocycles. The van der Waals surface area contributed by atoms with Crippen molar-refractivity contribution in [1.82, 2.24) is 4.90 Å². The van der Waals surface area contributed by atoms with Crippen molar-refractivity contribution in [3.8, 4) is 5.75 Å². The molecular weight excluding hydrogens is 348 g/mol. The Kier molecular flexibility index (Phi) is 6.68. The van der Waals surface area contributed by atoms with Gasteiger partial charge in [-0.3, -0.25) is 9.69 Å². The Balaban J connectivity index is 2.12. The van der Waals surface area contributed by atoms with Crippen LogP contribution in [0.5, 0.6) is 5.75 Å². The van der Waals surface area contributed by atoms with Crippen molar-refractivity contribution in [2.45, 2.75) is 40.3 Å². The van der Waals surface area contributed by atoms with Gasteiger partial charge in [-0.05, 0) is 64.1 Å². The number of carbonyl (C=O) groups excluding carboxylic acids is 1. The van der Waals surface area contributed by atoms with Crippen LogP contribution in [0, 0.1) is 20.8 Å². The fraction of sp³-hybridized carbons (Fsp3) is 0.381. The van der Waals surface area contributed by atoms with E-state index in [0.717, 1.165) is 28.1 Å². The highest BCUT2D eigenvalue weighted by atomic mass is 35.5. The smallest absolute Gasteiger partial charge is 0.241 e. The second kappa shape index (κ2) is 8.56. The van der Waals surface area contributed by atoms with Crippen molar-refractivity contribution in [3.63, 3.8) is 0 Å². The molecule has 1 amide bonds. The van der Waals surface area contributed by atoms with E-state index in [9.17, 15) is 4.79 Å². The van der Waals surface area contributed by atoms with Crippen LogP contribution >= 0.6 is 11.6 Å². The lowest BCUT2D eigenvalue weighted by molar-refractivity contribution is -0.120. The van der Waals surface area contributed by atoms with Gasteiger partial charge in [0.1, 0.15) is 5.75 Å². The van der Waals surface area contributed by atoms with Gasteiger partial charge in [0.2, 0.25) is 5.91 Å². The maximum absolute atomic E-state index is 12.7. The van der Waals surface area contributed by atoms with Gasteiger partial charge in [-0.15, -0.1) is 0 Å². The average molecular weight is 375 g/mol. The third-order valence-electron chi connectivity index (χ3n) is 4.63. The molecule has 1 atom stereocenters. The number of aryl methyl sites for hydroxylation is 3. The van der Waals surface area contributed by atoms with E-state index in [4.69, 9.17) is 16.3 Å². The summed E-state index contributed by atoms with van der Waals surface area (Å²) in [5.41, 5.74) is 5.17. The Labute approximate surface area is 161 Å². The predicted molar refractivity (Wildman–Crippen MR) is 108 cm³/mol. The number of ether oxygens (including phenoxy) is 1. The Morgan fingerprint density at radius 2 is 1.81 bits per heavy atom. The van der Waals surface area contributed by atoms with E-state index < -0.39 is 0 Å². The number of methoxy groups -OCH3 is 1. The van der Waals surface area contributed by atoms with E-state index >= 15 is 0 Å². The van der Waals surface area contributed by atoms with Crippen LogP contribution in [0.4, 0.5) is 5.69 Å². The maximum atomic E-state index is 12.7. The molecule has 26 heavy (non-hydrogen) atoms. The zero-order valence-electron chi connectivity index (χ0n) is 16.3. The topological polar surface area (TPSA) is 41.6 Å². The summed E-state index contributed by atoms with van der Waals surface area (Å²) in [4.78, 5) is 14.7. The number of benzene rings is 2. The van der Waals surface area contributed by atoms with E-state index in [-0.39, 0.29) is 11.9 Å². The second-order valence-corrected chi connectivity index (χ2v) is 7.25. The van der Waals surface area contributed by atoms with Gasteiger partial charge in [0.15, 0.2) is 0 Å². The Morgan fingerprint density at radius 1 is 1.19 bits per heavy atom. The molecule has 0 aliphatic rings. The standard InChI is InChI=1S/C21H27ClN2O2/c1-13-9-14(2)20(15(3)10-13)23-21(25)16(4)24(5)12-17-11-18(22)7-8-19(17)26-6/h7-11,16H,12H2,1-6H3,(H,23,25). The van der Waals surface area contributed by atoms with Crippen LogP contribution in [-0.2, 0) is 11.3 Å². The number of amides is 1. The molecule has 1 N–H and O–H groups in total. The molecule has 2 aromatic rings. The van der Waals surface area contributed by atoms with Gasteiger partial charge >= 0.3 is 0 Å². The quantitative estimate of drug-likeness (QED) is 0.794. The van der Waals surface area contributed by atoms with Gasteiger partial charge in [0, 0.05) is 22.8 Å². The third-order valence-corrected chi connectivity index (χ3v) is 4.86. The minimum atomic E-state index is -0.307. The number of nitrogens with zero attached hydrogens (tertiary/aromatic N) is 1. The molecule has 0 aromatic heterocycles. The highest BCUT2D eigenvalue weighted by Crippen LogP contribution is 2.25. The molecule has 0 saturated heterocycles. The van der Waals surface area contributed by atoms with E-state index in [1.807, 2.05) is 44.9 Å². The molecule has 4 nitrogen and oxygen atoms in total. The number of nitrogens with one attached hydrogen (secondary N) is 1. The van der Waals surface area contributed by atoms with Crippen molar-refractivity contribution >= 4 is 23.2 Å². The summed E-state index contributed by atoms with van der Waals surface area (Å²) in [6.45, 7) is 8.54. The number of anilines is 1. The first-order valence-electron chi connectivity index (χ1n) is 8.64. The van der Waals surface area contributed by atoms with E-state index in [1.54, 1.807) is 13.2 Å². The lowest BCUT2D eigenvalue weighted by atomic mass is 10.0. The van der Waals surface area contributed by atoms with Crippen molar-refractivity contribution in [1.29, 1.82) is 0 Å². The number of likely N-dealkylation sites (N-methyl/N-ethyl adjacent to an activating group) is 1. The summed E-state index contributed by atoms with van der Waals surface area (Å²) < 4.78 is 5.39. The van der Waals surface area contributed by atoms with Gasteiger partial charge in [-0.2, -0.15) is 0 Å². The Hall–Kier alpha value is -2.04. The number of halogens is 1. The Bertz CT molecular complexity index is 782. The van der Waals surface area contributed by atoms with Crippen LogP contribution in [0.15, 0.2) is 30.3 Å². The van der Waals surface area contributed by atoms with Gasteiger partial charge < -0.3 is 10.1 Å². The fourth-order valence-electron chi connectivity index (χ4n) is 3.08. The van der Waals surface area contributed by atoms with Crippen molar-refractivity contribution in [3.05, 3.63) is 57.6 Å². The van der Waals surface area contributed by atoms with E-state index in [0.29, 0.717) is 11.6 Å². The summed E-state index contributed by atoms with van der Waals surface area (Å²) in [5, 5.41) is 3.72. The maximum Gasteiger partial charge on any atom is 0.241 e. The first-order valence-corrected chi connectivity index (χ1v) is 9.02. The molecule has 0 heterocycles. The monoisotopic (exact) mass is 374 g/mol. The molecule has 0 fully saturated rings. The summed E-state index contributed by atoms with van der Waals surface area (Å²) in [6, 6.07) is 9.36. The summed E-state index contributed by atoms with van der Waals surface area (Å²) >= 11 is 6.10. The van der Waals surface area contributed by atoms with Crippen molar-refractivity contribution < 1.29 is 9.53 Å². The fourth-order valence-corrected chi connectivity index (χ4v) is 3.28. The Morgan fingerprint density at radius 3 is 2.38 bits per heavy atom. The molecule has 0 spiro atoms. The van der Waals surface area contributed by atoms with Gasteiger partial charge in [-0.25, -0.2) is 0 Å². The number of rotatable bonds is 6. The lowest BCUT2D eigenvalue weighted by Crippen LogP contribution is -2.39. The van der Waals surface area contributed by atoms with Gasteiger partial charge in [-0.1, -0.05) is 29.3 Å². The van der Waals surface area contributed by atoms with Gasteiger partial charge in [0.25, 0.3) is 0 Å². The lowest BCUT2D eigenvalue weighted by Gasteiger charge is -2.25. The molecule has 140 valence electrons. The zero-order valence-corrected chi connectivity index (χ0v) is 17.1. The SMILES string of the molecule is COc1ccc(Cl)cc1CN(C)C(C)C(=O)Nc1c(C)cc(C)cc1C. The van der Waals surface area contributed by atoms with Crippen LogP contribution in [0.3, 0.4) is 0 Å². The second-order valence-electron chi connectivity index (χ2n) is 6.81. The minimum absolute atomic E-state index is 0.0384. The van der Waals surface area contributed by atoms with Crippen molar-refractivity contribution in [2.75, 3.05) is 19.5 Å². The normalized spacial score (nSPS) is 12.2. The predicted octanol–water partition coefficient (Wildman–Crippen LogP) is 4.73. The molecule has 0 radical (unpaired) electrons. The molecular formula is C21H27ClN2O2. The molecule has 2 rings (SSSR count). The minimum Gasteiger partial charge on any atom is -0.496 e. The summed E-state index contributed by atoms with van der Waals surface area (Å²) in [6.07, 6.45) is 0. The largest absolute Gasteiger partial charge is 0.496 e. The average Bonchev–Trinajstić information content (AvgIpc) is 2.57. The molecule has 0 aliphatic heterocycles. The third kappa shape index (κ3) is 4.77. The van der Waals surface area contributed by atoms with Crippen molar-refractivity contribution in [2.24, 2.45) is 0 Å². The summed E-state index contributed by atoms with van der Waals surface area (Å²) in [7, 11) is 3.55. The number of hydrogen-bond acceptors (Lipinski definition) is 3. The highest BCUT2D eigenvalue weighted by Gasteiger charge is 2.21. The van der Waals surface area contributed by atoms with Crippen LogP contribution in [0.1, 0.15) is 29.2 Å². The first kappa shape index (κ1) is 20.3. The van der Waals surface area contributed by atoms with E-state index in [1.165, 1.54) is 5.56 Å².